The zero-order chi connectivity index (χ0) is 18.8. The highest BCUT2D eigenvalue weighted by molar-refractivity contribution is 6.05. The zero-order valence-electron chi connectivity index (χ0n) is 16.0. The van der Waals surface area contributed by atoms with E-state index < -0.39 is 0 Å². The minimum absolute atomic E-state index is 0.146. The fraction of sp³-hybridized carbons (Fsp3) is 0.409. The van der Waals surface area contributed by atoms with Crippen molar-refractivity contribution in [1.82, 2.24) is 9.88 Å². The van der Waals surface area contributed by atoms with Gasteiger partial charge in [-0.1, -0.05) is 13.8 Å². The van der Waals surface area contributed by atoms with Crippen LogP contribution in [-0.2, 0) is 12.8 Å². The van der Waals surface area contributed by atoms with E-state index in [9.17, 15) is 4.79 Å². The fourth-order valence-electron chi connectivity index (χ4n) is 4.17. The lowest BCUT2D eigenvalue weighted by Crippen LogP contribution is -2.31. The Bertz CT molecular complexity index is 923. The average molecular weight is 365 g/mol. The fourth-order valence-corrected chi connectivity index (χ4v) is 4.17. The van der Waals surface area contributed by atoms with Gasteiger partial charge in [0, 0.05) is 28.8 Å². The molecule has 0 saturated heterocycles. The van der Waals surface area contributed by atoms with Crippen LogP contribution in [0.25, 0.3) is 10.9 Å². The highest BCUT2D eigenvalue weighted by Crippen LogP contribution is 2.33. The lowest BCUT2D eigenvalue weighted by atomic mass is 9.86. The van der Waals surface area contributed by atoms with E-state index >= 15 is 0 Å². The number of aryl methyl sites for hydroxylation is 1. The number of benzene rings is 1. The van der Waals surface area contributed by atoms with Crippen molar-refractivity contribution in [2.24, 2.45) is 5.92 Å². The van der Waals surface area contributed by atoms with E-state index in [1.54, 1.807) is 6.07 Å². The van der Waals surface area contributed by atoms with E-state index in [2.05, 4.69) is 41.2 Å². The summed E-state index contributed by atoms with van der Waals surface area (Å²) in [7, 11) is 0. The van der Waals surface area contributed by atoms with Gasteiger partial charge in [0.2, 0.25) is 0 Å². The summed E-state index contributed by atoms with van der Waals surface area (Å²) in [5.74, 6) is 0.549. The second-order valence-corrected chi connectivity index (χ2v) is 7.40. The Morgan fingerprint density at radius 2 is 2.15 bits per heavy atom. The first-order valence-corrected chi connectivity index (χ1v) is 9.87. The standard InChI is InChI=1S/C22H27N3O2/c1-3-25(4-2)13-15-5-7-20-18(11-15)19-12-17(6-8-21(19)24-20)23-22(26)16-9-10-27-14-16/h6,8-10,12,14-15,24H,3-5,7,11,13H2,1-2H3,(H,23,26). The minimum atomic E-state index is -0.146. The molecule has 27 heavy (non-hydrogen) atoms. The van der Waals surface area contributed by atoms with Gasteiger partial charge in [0.1, 0.15) is 6.26 Å². The van der Waals surface area contributed by atoms with Gasteiger partial charge in [0.15, 0.2) is 0 Å². The van der Waals surface area contributed by atoms with Crippen molar-refractivity contribution in [2.75, 3.05) is 25.0 Å². The van der Waals surface area contributed by atoms with Crippen LogP contribution in [0.1, 0.15) is 41.9 Å². The Balaban J connectivity index is 1.56. The van der Waals surface area contributed by atoms with Gasteiger partial charge >= 0.3 is 0 Å². The third-order valence-corrected chi connectivity index (χ3v) is 5.74. The van der Waals surface area contributed by atoms with Crippen LogP contribution in [-0.4, -0.2) is 35.4 Å². The maximum Gasteiger partial charge on any atom is 0.258 e. The number of nitrogens with zero attached hydrogens (tertiary/aromatic N) is 1. The van der Waals surface area contributed by atoms with Crippen molar-refractivity contribution < 1.29 is 9.21 Å². The Morgan fingerprint density at radius 3 is 2.89 bits per heavy atom. The smallest absolute Gasteiger partial charge is 0.258 e. The van der Waals surface area contributed by atoms with Crippen LogP contribution in [0.15, 0.2) is 41.2 Å². The predicted octanol–water partition coefficient (Wildman–Crippen LogP) is 4.46. The second kappa shape index (κ2) is 7.61. The largest absolute Gasteiger partial charge is 0.472 e. The quantitative estimate of drug-likeness (QED) is 0.678. The number of carbonyl (C=O) groups excluding carboxylic acids is 1. The second-order valence-electron chi connectivity index (χ2n) is 7.40. The van der Waals surface area contributed by atoms with Crippen molar-refractivity contribution in [1.29, 1.82) is 0 Å². The summed E-state index contributed by atoms with van der Waals surface area (Å²) in [6.07, 6.45) is 6.42. The van der Waals surface area contributed by atoms with Crippen LogP contribution >= 0.6 is 0 Å². The molecule has 2 aromatic heterocycles. The molecule has 1 amide bonds. The summed E-state index contributed by atoms with van der Waals surface area (Å²) in [6.45, 7) is 7.85. The topological polar surface area (TPSA) is 61.3 Å². The van der Waals surface area contributed by atoms with Gasteiger partial charge in [-0.05, 0) is 68.1 Å². The first-order chi connectivity index (χ1) is 13.2. The third-order valence-electron chi connectivity index (χ3n) is 5.74. The SMILES string of the molecule is CCN(CC)CC1CCc2[nH]c3ccc(NC(=O)c4ccoc4)cc3c2C1. The third kappa shape index (κ3) is 3.65. The normalized spacial score (nSPS) is 16.6. The number of hydrogen-bond acceptors (Lipinski definition) is 3. The molecule has 0 aliphatic heterocycles. The molecule has 1 atom stereocenters. The van der Waals surface area contributed by atoms with Crippen LogP contribution in [0.3, 0.4) is 0 Å². The van der Waals surface area contributed by atoms with Gasteiger partial charge in [-0.15, -0.1) is 0 Å². The van der Waals surface area contributed by atoms with Gasteiger partial charge in [-0.2, -0.15) is 0 Å². The van der Waals surface area contributed by atoms with E-state index in [0.29, 0.717) is 11.5 Å². The van der Waals surface area contributed by atoms with Crippen LogP contribution in [0.4, 0.5) is 5.69 Å². The number of nitrogens with one attached hydrogen (secondary N) is 2. The Morgan fingerprint density at radius 1 is 1.30 bits per heavy atom. The summed E-state index contributed by atoms with van der Waals surface area (Å²) in [5.41, 5.74) is 5.29. The van der Waals surface area contributed by atoms with Gasteiger partial charge < -0.3 is 19.6 Å². The molecule has 0 saturated carbocycles. The predicted molar refractivity (Wildman–Crippen MR) is 108 cm³/mol. The molecule has 2 heterocycles. The van der Waals surface area contributed by atoms with E-state index in [1.807, 2.05) is 6.07 Å². The van der Waals surface area contributed by atoms with E-state index in [-0.39, 0.29) is 5.91 Å². The molecule has 142 valence electrons. The molecule has 1 unspecified atom stereocenters. The first kappa shape index (κ1) is 17.9. The highest BCUT2D eigenvalue weighted by Gasteiger charge is 2.24. The van der Waals surface area contributed by atoms with Crippen LogP contribution < -0.4 is 5.32 Å². The van der Waals surface area contributed by atoms with Crippen LogP contribution in [0, 0.1) is 5.92 Å². The number of furan rings is 1. The molecule has 1 aliphatic rings. The number of fused-ring (bicyclic) bond motifs is 3. The van der Waals surface area contributed by atoms with Crippen molar-refractivity contribution in [3.05, 3.63) is 53.6 Å². The maximum absolute atomic E-state index is 12.3. The lowest BCUT2D eigenvalue weighted by Gasteiger charge is -2.28. The number of hydrogen-bond donors (Lipinski definition) is 2. The molecule has 0 fully saturated rings. The molecule has 4 rings (SSSR count). The van der Waals surface area contributed by atoms with Crippen molar-refractivity contribution in [3.8, 4) is 0 Å². The van der Waals surface area contributed by atoms with Crippen molar-refractivity contribution in [2.45, 2.75) is 33.1 Å². The number of aromatic amines is 1. The Hall–Kier alpha value is -2.53. The Labute approximate surface area is 159 Å². The molecule has 1 aromatic carbocycles. The first-order valence-electron chi connectivity index (χ1n) is 9.87. The summed E-state index contributed by atoms with van der Waals surface area (Å²) in [5, 5.41) is 4.21. The van der Waals surface area contributed by atoms with Gasteiger partial charge in [0.05, 0.1) is 11.8 Å². The number of amides is 1. The summed E-state index contributed by atoms with van der Waals surface area (Å²) in [4.78, 5) is 18.4. The molecule has 0 radical (unpaired) electrons. The number of rotatable bonds is 6. The average Bonchev–Trinajstić information content (AvgIpc) is 3.34. The number of carbonyl (C=O) groups is 1. The molecule has 5 heteroatoms. The molecule has 5 nitrogen and oxygen atoms in total. The summed E-state index contributed by atoms with van der Waals surface area (Å²) in [6, 6.07) is 7.79. The monoisotopic (exact) mass is 365 g/mol. The van der Waals surface area contributed by atoms with E-state index in [1.165, 1.54) is 35.6 Å². The van der Waals surface area contributed by atoms with Crippen LogP contribution in [0.2, 0.25) is 0 Å². The molecule has 1 aliphatic carbocycles. The highest BCUT2D eigenvalue weighted by atomic mass is 16.3. The maximum atomic E-state index is 12.3. The molecular formula is C22H27N3O2. The molecule has 2 N–H and O–H groups in total. The number of anilines is 1. The van der Waals surface area contributed by atoms with Crippen molar-refractivity contribution in [3.63, 3.8) is 0 Å². The minimum Gasteiger partial charge on any atom is -0.472 e. The van der Waals surface area contributed by atoms with Crippen LogP contribution in [0.5, 0.6) is 0 Å². The molecule has 3 aromatic rings. The molecule has 0 bridgehead atoms. The Kier molecular flexibility index (Phi) is 5.03. The molecule has 0 spiro atoms. The summed E-state index contributed by atoms with van der Waals surface area (Å²) < 4.78 is 5.00. The van der Waals surface area contributed by atoms with E-state index in [0.717, 1.165) is 43.7 Å². The van der Waals surface area contributed by atoms with Gasteiger partial charge in [-0.3, -0.25) is 4.79 Å². The summed E-state index contributed by atoms with van der Waals surface area (Å²) >= 11 is 0. The number of H-pyrrole nitrogens is 1. The van der Waals surface area contributed by atoms with Gasteiger partial charge in [0.25, 0.3) is 5.91 Å². The molecular weight excluding hydrogens is 338 g/mol. The zero-order valence-corrected chi connectivity index (χ0v) is 16.0. The van der Waals surface area contributed by atoms with Crippen molar-refractivity contribution >= 4 is 22.5 Å². The lowest BCUT2D eigenvalue weighted by molar-refractivity contribution is 0.102. The van der Waals surface area contributed by atoms with E-state index in [4.69, 9.17) is 4.42 Å². The number of aromatic nitrogens is 1. The van der Waals surface area contributed by atoms with Gasteiger partial charge in [-0.25, -0.2) is 0 Å².